The Labute approximate surface area is 116 Å². The second-order valence-electron chi connectivity index (χ2n) is 4.95. The van der Waals surface area contributed by atoms with Crippen LogP contribution in [-0.2, 0) is 14.9 Å². The van der Waals surface area contributed by atoms with Gasteiger partial charge in [0, 0.05) is 6.54 Å². The summed E-state index contributed by atoms with van der Waals surface area (Å²) in [6, 6.07) is 9.77. The standard InChI is InChI=1S/C16H25NO2/c1-4-9-13(3)16(12-17,15(18)19-5-2)14-10-7-6-8-11-14/h6-8,10-11,13H,4-5,9,12,17H2,1-3H3. The third-order valence-electron chi connectivity index (χ3n) is 3.81. The quantitative estimate of drug-likeness (QED) is 0.770. The number of rotatable bonds is 7. The van der Waals surface area contributed by atoms with Crippen LogP contribution in [0.3, 0.4) is 0 Å². The maximum Gasteiger partial charge on any atom is 0.318 e. The number of carbonyl (C=O) groups is 1. The van der Waals surface area contributed by atoms with Crippen molar-refractivity contribution in [3.05, 3.63) is 35.9 Å². The van der Waals surface area contributed by atoms with Crippen LogP contribution in [-0.4, -0.2) is 19.1 Å². The summed E-state index contributed by atoms with van der Waals surface area (Å²) in [7, 11) is 0. The van der Waals surface area contributed by atoms with Crippen LogP contribution in [0, 0.1) is 5.92 Å². The van der Waals surface area contributed by atoms with Crippen molar-refractivity contribution in [1.29, 1.82) is 0 Å². The molecule has 1 aromatic rings. The number of nitrogens with two attached hydrogens (primary N) is 1. The molecule has 3 heteroatoms. The predicted octanol–water partition coefficient (Wildman–Crippen LogP) is 2.88. The lowest BCUT2D eigenvalue weighted by Crippen LogP contribution is -2.49. The van der Waals surface area contributed by atoms with Gasteiger partial charge in [0.15, 0.2) is 0 Å². The first-order chi connectivity index (χ1) is 9.13. The van der Waals surface area contributed by atoms with E-state index in [1.807, 2.05) is 37.3 Å². The zero-order valence-electron chi connectivity index (χ0n) is 12.2. The minimum atomic E-state index is -0.729. The number of benzene rings is 1. The molecule has 0 spiro atoms. The van der Waals surface area contributed by atoms with Crippen molar-refractivity contribution in [2.45, 2.75) is 39.0 Å². The fourth-order valence-corrected chi connectivity index (χ4v) is 2.68. The van der Waals surface area contributed by atoms with E-state index in [1.165, 1.54) is 0 Å². The van der Waals surface area contributed by atoms with Crippen LogP contribution in [0.25, 0.3) is 0 Å². The Morgan fingerprint density at radius 1 is 1.32 bits per heavy atom. The molecule has 0 aliphatic heterocycles. The van der Waals surface area contributed by atoms with Crippen LogP contribution in [0.4, 0.5) is 0 Å². The first-order valence-corrected chi connectivity index (χ1v) is 7.06. The summed E-state index contributed by atoms with van der Waals surface area (Å²) in [4.78, 5) is 12.5. The van der Waals surface area contributed by atoms with Crippen molar-refractivity contribution < 1.29 is 9.53 Å². The Balaban J connectivity index is 3.25. The molecule has 0 heterocycles. The molecule has 1 aromatic carbocycles. The van der Waals surface area contributed by atoms with Crippen LogP contribution in [0.2, 0.25) is 0 Å². The largest absolute Gasteiger partial charge is 0.465 e. The number of carbonyl (C=O) groups excluding carboxylic acids is 1. The Kier molecular flexibility index (Phi) is 6.03. The van der Waals surface area contributed by atoms with E-state index in [9.17, 15) is 4.79 Å². The highest BCUT2D eigenvalue weighted by molar-refractivity contribution is 5.84. The van der Waals surface area contributed by atoms with Gasteiger partial charge in [0.2, 0.25) is 0 Å². The van der Waals surface area contributed by atoms with Gasteiger partial charge < -0.3 is 10.5 Å². The highest BCUT2D eigenvalue weighted by atomic mass is 16.5. The monoisotopic (exact) mass is 263 g/mol. The molecule has 0 aromatic heterocycles. The van der Waals surface area contributed by atoms with Crippen LogP contribution in [0.5, 0.6) is 0 Å². The van der Waals surface area contributed by atoms with Crippen molar-refractivity contribution in [2.75, 3.05) is 13.2 Å². The first-order valence-electron chi connectivity index (χ1n) is 7.06. The van der Waals surface area contributed by atoms with Crippen molar-refractivity contribution >= 4 is 5.97 Å². The Morgan fingerprint density at radius 2 is 1.95 bits per heavy atom. The summed E-state index contributed by atoms with van der Waals surface area (Å²) in [5, 5.41) is 0. The second-order valence-corrected chi connectivity index (χ2v) is 4.95. The normalized spacial score (nSPS) is 15.6. The van der Waals surface area contributed by atoms with E-state index in [4.69, 9.17) is 10.5 Å². The van der Waals surface area contributed by atoms with Gasteiger partial charge in [-0.05, 0) is 24.8 Å². The summed E-state index contributed by atoms with van der Waals surface area (Å²) in [5.74, 6) is -0.0476. The second kappa shape index (κ2) is 7.29. The molecule has 1 rings (SSSR count). The van der Waals surface area contributed by atoms with Crippen LogP contribution >= 0.6 is 0 Å². The molecule has 0 bridgehead atoms. The summed E-state index contributed by atoms with van der Waals surface area (Å²) in [5.41, 5.74) is 6.23. The number of hydrogen-bond acceptors (Lipinski definition) is 3. The van der Waals surface area contributed by atoms with Gasteiger partial charge in [0.05, 0.1) is 6.61 Å². The van der Waals surface area contributed by atoms with E-state index >= 15 is 0 Å². The molecule has 0 radical (unpaired) electrons. The van der Waals surface area contributed by atoms with Crippen molar-refractivity contribution in [3.8, 4) is 0 Å². The van der Waals surface area contributed by atoms with Gasteiger partial charge in [-0.25, -0.2) is 0 Å². The number of hydrogen-bond donors (Lipinski definition) is 1. The minimum Gasteiger partial charge on any atom is -0.465 e. The number of ether oxygens (including phenoxy) is 1. The van der Waals surface area contributed by atoms with E-state index < -0.39 is 5.41 Å². The zero-order chi connectivity index (χ0) is 14.3. The third-order valence-corrected chi connectivity index (χ3v) is 3.81. The summed E-state index contributed by atoms with van der Waals surface area (Å²) in [6.07, 6.45) is 1.97. The molecular weight excluding hydrogens is 238 g/mol. The Hall–Kier alpha value is -1.35. The summed E-state index contributed by atoms with van der Waals surface area (Å²) in [6.45, 7) is 6.69. The van der Waals surface area contributed by atoms with Crippen molar-refractivity contribution in [2.24, 2.45) is 11.7 Å². The molecule has 2 N–H and O–H groups in total. The molecule has 0 fully saturated rings. The molecule has 0 saturated heterocycles. The molecule has 0 aliphatic rings. The maximum atomic E-state index is 12.5. The fourth-order valence-electron chi connectivity index (χ4n) is 2.68. The van der Waals surface area contributed by atoms with E-state index in [-0.39, 0.29) is 18.4 Å². The lowest BCUT2D eigenvalue weighted by atomic mass is 9.69. The minimum absolute atomic E-state index is 0.156. The van der Waals surface area contributed by atoms with Gasteiger partial charge >= 0.3 is 5.97 Å². The van der Waals surface area contributed by atoms with Gasteiger partial charge in [-0.3, -0.25) is 4.79 Å². The highest BCUT2D eigenvalue weighted by Crippen LogP contribution is 2.35. The molecule has 106 valence electrons. The molecule has 0 aliphatic carbocycles. The highest BCUT2D eigenvalue weighted by Gasteiger charge is 2.44. The molecule has 0 saturated carbocycles. The predicted molar refractivity (Wildman–Crippen MR) is 77.9 cm³/mol. The molecule has 3 nitrogen and oxygen atoms in total. The third kappa shape index (κ3) is 3.16. The lowest BCUT2D eigenvalue weighted by Gasteiger charge is -2.36. The van der Waals surface area contributed by atoms with Crippen LogP contribution in [0.15, 0.2) is 30.3 Å². The van der Waals surface area contributed by atoms with Crippen molar-refractivity contribution in [3.63, 3.8) is 0 Å². The first kappa shape index (κ1) is 15.7. The smallest absolute Gasteiger partial charge is 0.318 e. The van der Waals surface area contributed by atoms with Gasteiger partial charge in [0.1, 0.15) is 5.41 Å². The van der Waals surface area contributed by atoms with E-state index in [2.05, 4.69) is 13.8 Å². The fraction of sp³-hybridized carbons (Fsp3) is 0.562. The topological polar surface area (TPSA) is 52.3 Å². The Morgan fingerprint density at radius 3 is 2.42 bits per heavy atom. The maximum absolute atomic E-state index is 12.5. The zero-order valence-corrected chi connectivity index (χ0v) is 12.2. The molecule has 2 unspecified atom stereocenters. The average molecular weight is 263 g/mol. The van der Waals surface area contributed by atoms with E-state index in [0.29, 0.717) is 6.61 Å². The molecule has 0 amide bonds. The lowest BCUT2D eigenvalue weighted by molar-refractivity contribution is -0.152. The van der Waals surface area contributed by atoms with Crippen LogP contribution < -0.4 is 5.73 Å². The average Bonchev–Trinajstić information content (AvgIpc) is 2.42. The molecule has 2 atom stereocenters. The van der Waals surface area contributed by atoms with E-state index in [0.717, 1.165) is 18.4 Å². The molecular formula is C16H25NO2. The SMILES string of the molecule is CCCC(C)C(CN)(C(=O)OCC)c1ccccc1. The van der Waals surface area contributed by atoms with E-state index in [1.54, 1.807) is 0 Å². The molecule has 19 heavy (non-hydrogen) atoms. The number of esters is 1. The summed E-state index contributed by atoms with van der Waals surface area (Å²) < 4.78 is 5.30. The van der Waals surface area contributed by atoms with Gasteiger partial charge in [-0.15, -0.1) is 0 Å². The summed E-state index contributed by atoms with van der Waals surface area (Å²) >= 11 is 0. The van der Waals surface area contributed by atoms with Crippen LogP contribution in [0.1, 0.15) is 39.2 Å². The van der Waals surface area contributed by atoms with Gasteiger partial charge in [-0.2, -0.15) is 0 Å². The Bertz CT molecular complexity index is 391. The van der Waals surface area contributed by atoms with Crippen molar-refractivity contribution in [1.82, 2.24) is 0 Å². The van der Waals surface area contributed by atoms with Gasteiger partial charge in [-0.1, -0.05) is 50.6 Å². The van der Waals surface area contributed by atoms with Gasteiger partial charge in [0.25, 0.3) is 0 Å².